The van der Waals surface area contributed by atoms with E-state index < -0.39 is 0 Å². The Hall–Kier alpha value is -3.28. The van der Waals surface area contributed by atoms with Crippen LogP contribution in [0, 0.1) is 18.3 Å². The molecule has 5 heterocycles. The van der Waals surface area contributed by atoms with E-state index in [2.05, 4.69) is 21.3 Å². The van der Waals surface area contributed by atoms with Crippen LogP contribution in [-0.2, 0) is 13.1 Å². The zero-order chi connectivity index (χ0) is 22.2. The summed E-state index contributed by atoms with van der Waals surface area (Å²) in [6, 6.07) is 11.3. The van der Waals surface area contributed by atoms with Gasteiger partial charge in [-0.25, -0.2) is 4.98 Å². The number of nitrogens with zero attached hydrogens (tertiary/aromatic N) is 5. The first-order chi connectivity index (χ1) is 15.5. The van der Waals surface area contributed by atoms with Crippen molar-refractivity contribution in [3.8, 4) is 6.07 Å². The molecule has 0 aliphatic carbocycles. The minimum atomic E-state index is -0.0465. The first-order valence-corrected chi connectivity index (χ1v) is 11.1. The van der Waals surface area contributed by atoms with Crippen molar-refractivity contribution in [3.05, 3.63) is 74.1 Å². The van der Waals surface area contributed by atoms with Gasteiger partial charge in [0.15, 0.2) is 0 Å². The smallest absolute Gasteiger partial charge is 0.252 e. The Bertz CT molecular complexity index is 1320. The number of aromatic nitrogens is 3. The van der Waals surface area contributed by atoms with Crippen molar-refractivity contribution in [2.75, 3.05) is 19.6 Å². The highest BCUT2D eigenvalue weighted by molar-refractivity contribution is 5.76. The summed E-state index contributed by atoms with van der Waals surface area (Å²) in [5.41, 5.74) is 3.14. The van der Waals surface area contributed by atoms with Crippen LogP contribution in [0.15, 0.2) is 46.1 Å². The maximum Gasteiger partial charge on any atom is 0.252 e. The van der Waals surface area contributed by atoms with Crippen LogP contribution in [0.4, 0.5) is 0 Å². The Morgan fingerprint density at radius 2 is 1.91 bits per heavy atom. The molecule has 0 amide bonds. The highest BCUT2D eigenvalue weighted by Gasteiger charge is 2.29. The SMILES string of the molecule is Cc1cc(CNC2CCN(C[C@@H]3Cn4c(=O)ccc5ccc(=O)n3c54)CC2)cnc1C#N. The summed E-state index contributed by atoms with van der Waals surface area (Å²) in [6.45, 7) is 5.88. The summed E-state index contributed by atoms with van der Waals surface area (Å²) < 4.78 is 3.55. The molecule has 0 unspecified atom stereocenters. The average Bonchev–Trinajstić information content (AvgIpc) is 3.19. The lowest BCUT2D eigenvalue weighted by molar-refractivity contribution is 0.171. The summed E-state index contributed by atoms with van der Waals surface area (Å²) in [7, 11) is 0. The molecule has 2 aliphatic heterocycles. The molecule has 3 aromatic heterocycles. The molecule has 8 heteroatoms. The molecule has 1 fully saturated rings. The Balaban J connectivity index is 1.20. The van der Waals surface area contributed by atoms with Gasteiger partial charge in [-0.2, -0.15) is 5.26 Å². The summed E-state index contributed by atoms with van der Waals surface area (Å²) in [4.78, 5) is 31.6. The molecule has 1 saturated heterocycles. The van der Waals surface area contributed by atoms with Crippen LogP contribution in [0.2, 0.25) is 0 Å². The van der Waals surface area contributed by atoms with Crippen molar-refractivity contribution in [3.63, 3.8) is 0 Å². The summed E-state index contributed by atoms with van der Waals surface area (Å²) >= 11 is 0. The number of likely N-dealkylation sites (tertiary alicyclic amines) is 1. The Morgan fingerprint density at radius 3 is 2.62 bits per heavy atom. The van der Waals surface area contributed by atoms with E-state index in [-0.39, 0.29) is 17.2 Å². The van der Waals surface area contributed by atoms with E-state index in [1.54, 1.807) is 39.6 Å². The van der Waals surface area contributed by atoms with Crippen LogP contribution in [0.25, 0.3) is 11.0 Å². The lowest BCUT2D eigenvalue weighted by atomic mass is 10.0. The van der Waals surface area contributed by atoms with Gasteiger partial charge in [0.1, 0.15) is 17.4 Å². The number of nitriles is 1. The number of piperidine rings is 1. The molecule has 1 atom stereocenters. The summed E-state index contributed by atoms with van der Waals surface area (Å²) in [5, 5.41) is 13.6. The number of aryl methyl sites for hydroxylation is 1. The molecule has 164 valence electrons. The van der Waals surface area contributed by atoms with E-state index in [1.165, 1.54) is 0 Å². The van der Waals surface area contributed by atoms with E-state index in [0.29, 0.717) is 18.3 Å². The third-order valence-corrected chi connectivity index (χ3v) is 6.71. The fourth-order valence-corrected chi connectivity index (χ4v) is 5.02. The zero-order valence-corrected chi connectivity index (χ0v) is 18.1. The zero-order valence-electron chi connectivity index (χ0n) is 18.1. The van der Waals surface area contributed by atoms with Crippen molar-refractivity contribution in [1.82, 2.24) is 24.3 Å². The largest absolute Gasteiger partial charge is 0.310 e. The molecule has 8 nitrogen and oxygen atoms in total. The molecule has 0 aromatic carbocycles. The lowest BCUT2D eigenvalue weighted by Gasteiger charge is -2.34. The van der Waals surface area contributed by atoms with Gasteiger partial charge >= 0.3 is 0 Å². The van der Waals surface area contributed by atoms with E-state index in [1.807, 2.05) is 13.0 Å². The Kier molecular flexibility index (Phi) is 5.37. The topological polar surface area (TPSA) is 95.9 Å². The number of hydrogen-bond acceptors (Lipinski definition) is 6. The maximum atomic E-state index is 12.6. The minimum Gasteiger partial charge on any atom is -0.310 e. The first kappa shape index (κ1) is 20.6. The van der Waals surface area contributed by atoms with Gasteiger partial charge in [-0.05, 0) is 56.1 Å². The lowest BCUT2D eigenvalue weighted by Crippen LogP contribution is -2.44. The molecular formula is C24H26N6O2. The van der Waals surface area contributed by atoms with Crippen molar-refractivity contribution >= 4 is 11.0 Å². The molecule has 5 rings (SSSR count). The van der Waals surface area contributed by atoms with E-state index in [4.69, 9.17) is 5.26 Å². The van der Waals surface area contributed by atoms with Crippen LogP contribution in [0.1, 0.15) is 35.7 Å². The number of pyridine rings is 3. The van der Waals surface area contributed by atoms with Gasteiger partial charge in [-0.15, -0.1) is 0 Å². The number of nitrogens with one attached hydrogen (secondary N) is 1. The van der Waals surface area contributed by atoms with Crippen LogP contribution in [0.5, 0.6) is 0 Å². The van der Waals surface area contributed by atoms with Crippen molar-refractivity contribution in [2.24, 2.45) is 0 Å². The van der Waals surface area contributed by atoms with Gasteiger partial charge in [0, 0.05) is 49.4 Å². The molecule has 1 N–H and O–H groups in total. The van der Waals surface area contributed by atoms with Gasteiger partial charge in [0.2, 0.25) is 0 Å². The van der Waals surface area contributed by atoms with Crippen molar-refractivity contribution in [2.45, 2.75) is 44.9 Å². The van der Waals surface area contributed by atoms with Gasteiger partial charge in [-0.1, -0.05) is 6.07 Å². The third-order valence-electron chi connectivity index (χ3n) is 6.71. The molecule has 0 bridgehead atoms. The van der Waals surface area contributed by atoms with Crippen LogP contribution in [-0.4, -0.2) is 44.7 Å². The van der Waals surface area contributed by atoms with Crippen molar-refractivity contribution < 1.29 is 0 Å². The fraction of sp³-hybridized carbons (Fsp3) is 0.417. The standard InChI is InChI=1S/C24H26N6O2/c1-16-10-17(13-27-21(16)11-25)12-26-19-6-8-28(9-7-19)14-20-15-29-22(31)4-2-18-3-5-23(32)30(20)24(18)29/h2-5,10,13,19-20,26H,6-9,12,14-15H2,1H3/t20-/m1/s1. The van der Waals surface area contributed by atoms with Gasteiger partial charge in [0.05, 0.1) is 6.04 Å². The van der Waals surface area contributed by atoms with E-state index >= 15 is 0 Å². The van der Waals surface area contributed by atoms with Crippen molar-refractivity contribution in [1.29, 1.82) is 5.26 Å². The van der Waals surface area contributed by atoms with Crippen LogP contribution < -0.4 is 16.4 Å². The summed E-state index contributed by atoms with van der Waals surface area (Å²) in [6.07, 6.45) is 3.83. The number of rotatable bonds is 5. The van der Waals surface area contributed by atoms with E-state index in [9.17, 15) is 9.59 Å². The molecule has 32 heavy (non-hydrogen) atoms. The quantitative estimate of drug-likeness (QED) is 0.660. The predicted molar refractivity (Wildman–Crippen MR) is 121 cm³/mol. The Labute approximate surface area is 185 Å². The second-order valence-corrected chi connectivity index (χ2v) is 8.83. The molecular weight excluding hydrogens is 404 g/mol. The van der Waals surface area contributed by atoms with Crippen LogP contribution >= 0.6 is 0 Å². The molecule has 2 aliphatic rings. The van der Waals surface area contributed by atoms with Gasteiger partial charge < -0.3 is 10.2 Å². The normalized spacial score (nSPS) is 18.8. The third kappa shape index (κ3) is 3.74. The second-order valence-electron chi connectivity index (χ2n) is 8.83. The molecule has 3 aromatic rings. The minimum absolute atomic E-state index is 0.0153. The highest BCUT2D eigenvalue weighted by atomic mass is 16.1. The van der Waals surface area contributed by atoms with Gasteiger partial charge in [-0.3, -0.25) is 18.7 Å². The monoisotopic (exact) mass is 430 g/mol. The molecule has 0 spiro atoms. The maximum absolute atomic E-state index is 12.6. The predicted octanol–water partition coefficient (Wildman–Crippen LogP) is 1.55. The van der Waals surface area contributed by atoms with Gasteiger partial charge in [0.25, 0.3) is 11.1 Å². The molecule has 0 saturated carbocycles. The van der Waals surface area contributed by atoms with E-state index in [0.717, 1.165) is 61.2 Å². The second kappa shape index (κ2) is 8.34. The Morgan fingerprint density at radius 1 is 1.16 bits per heavy atom. The fourth-order valence-electron chi connectivity index (χ4n) is 5.02. The summed E-state index contributed by atoms with van der Waals surface area (Å²) in [5.74, 6) is 0. The molecule has 0 radical (unpaired) electrons. The first-order valence-electron chi connectivity index (χ1n) is 11.1. The number of hydrogen-bond donors (Lipinski definition) is 1. The average molecular weight is 431 g/mol. The van der Waals surface area contributed by atoms with Crippen LogP contribution in [0.3, 0.4) is 0 Å². The highest BCUT2D eigenvalue weighted by Crippen LogP contribution is 2.25.